The number of aromatic nitrogens is 1. The van der Waals surface area contributed by atoms with Crippen LogP contribution in [0, 0.1) is 0 Å². The van der Waals surface area contributed by atoms with Crippen molar-refractivity contribution in [2.75, 3.05) is 13.1 Å². The third-order valence-electron chi connectivity index (χ3n) is 2.94. The van der Waals surface area contributed by atoms with Gasteiger partial charge >= 0.3 is 0 Å². The Morgan fingerprint density at radius 2 is 2.19 bits per heavy atom. The zero-order chi connectivity index (χ0) is 15.1. The molecule has 1 heterocycles. The third-order valence-corrected chi connectivity index (χ3v) is 5.04. The lowest BCUT2D eigenvalue weighted by Gasteiger charge is -2.08. The Morgan fingerprint density at radius 3 is 2.90 bits per heavy atom. The molecule has 0 fully saturated rings. The minimum absolute atomic E-state index is 0.302. The van der Waals surface area contributed by atoms with Crippen molar-refractivity contribution in [3.05, 3.63) is 46.4 Å². The number of benzene rings is 1. The fraction of sp³-hybridized carbons (Fsp3) is 0.357. The van der Waals surface area contributed by atoms with Crippen LogP contribution in [0.2, 0.25) is 0 Å². The van der Waals surface area contributed by atoms with Crippen molar-refractivity contribution >= 4 is 21.4 Å². The number of hydrogen-bond donors (Lipinski definition) is 2. The minimum Gasteiger partial charge on any atom is -0.313 e. The number of rotatable bonds is 8. The van der Waals surface area contributed by atoms with Gasteiger partial charge in [0.25, 0.3) is 0 Å². The Hall–Kier alpha value is -1.28. The van der Waals surface area contributed by atoms with Crippen LogP contribution in [-0.2, 0) is 23.0 Å². The second-order valence-electron chi connectivity index (χ2n) is 4.56. The summed E-state index contributed by atoms with van der Waals surface area (Å²) in [6.07, 6.45) is 0.597. The molecule has 21 heavy (non-hydrogen) atoms. The summed E-state index contributed by atoms with van der Waals surface area (Å²) in [6, 6.07) is 6.99. The Morgan fingerprint density at radius 1 is 1.33 bits per heavy atom. The van der Waals surface area contributed by atoms with Gasteiger partial charge in [0.1, 0.15) is 0 Å². The van der Waals surface area contributed by atoms with Crippen LogP contribution in [0.15, 0.2) is 40.1 Å². The second kappa shape index (κ2) is 7.65. The molecule has 0 aliphatic carbocycles. The molecule has 0 bridgehead atoms. The number of thiazole rings is 1. The first-order chi connectivity index (χ1) is 10.1. The molecule has 7 heteroatoms. The quantitative estimate of drug-likeness (QED) is 0.776. The van der Waals surface area contributed by atoms with Gasteiger partial charge in [-0.25, -0.2) is 18.1 Å². The molecule has 0 saturated carbocycles. The van der Waals surface area contributed by atoms with E-state index in [0.717, 1.165) is 17.8 Å². The predicted molar refractivity (Wildman–Crippen MR) is 84.8 cm³/mol. The van der Waals surface area contributed by atoms with E-state index in [1.165, 1.54) is 11.3 Å². The van der Waals surface area contributed by atoms with E-state index in [4.69, 9.17) is 0 Å². The van der Waals surface area contributed by atoms with Crippen molar-refractivity contribution in [1.82, 2.24) is 15.0 Å². The number of nitrogens with zero attached hydrogens (tertiary/aromatic N) is 1. The van der Waals surface area contributed by atoms with E-state index in [1.54, 1.807) is 23.7 Å². The molecule has 0 amide bonds. The molecule has 0 saturated heterocycles. The van der Waals surface area contributed by atoms with Gasteiger partial charge in [-0.05, 0) is 24.2 Å². The van der Waals surface area contributed by atoms with Crippen LogP contribution in [0.5, 0.6) is 0 Å². The minimum atomic E-state index is -3.46. The lowest BCUT2D eigenvalue weighted by molar-refractivity contribution is 0.581. The van der Waals surface area contributed by atoms with Crippen LogP contribution in [-0.4, -0.2) is 26.5 Å². The molecule has 0 spiro atoms. The first-order valence-corrected chi connectivity index (χ1v) is 9.21. The summed E-state index contributed by atoms with van der Waals surface area (Å²) in [4.78, 5) is 4.43. The van der Waals surface area contributed by atoms with Gasteiger partial charge in [-0.15, -0.1) is 11.3 Å². The number of hydrogen-bond acceptors (Lipinski definition) is 5. The molecule has 0 atom stereocenters. The summed E-state index contributed by atoms with van der Waals surface area (Å²) in [5, 5.41) is 5.10. The second-order valence-corrected chi connectivity index (χ2v) is 7.04. The van der Waals surface area contributed by atoms with E-state index in [0.29, 0.717) is 24.4 Å². The van der Waals surface area contributed by atoms with Gasteiger partial charge in [0, 0.05) is 24.9 Å². The normalized spacial score (nSPS) is 11.7. The molecule has 0 unspecified atom stereocenters. The largest absolute Gasteiger partial charge is 0.313 e. The molecular weight excluding hydrogens is 306 g/mol. The van der Waals surface area contributed by atoms with E-state index in [9.17, 15) is 8.42 Å². The predicted octanol–water partition coefficient (Wildman–Crippen LogP) is 1.77. The molecular formula is C14H19N3O2S2. The Balaban J connectivity index is 1.98. The molecule has 2 rings (SSSR count). The average Bonchev–Trinajstić information content (AvgIpc) is 2.98. The molecule has 1 aromatic carbocycles. The fourth-order valence-corrected chi connectivity index (χ4v) is 3.54. The van der Waals surface area contributed by atoms with Gasteiger partial charge in [-0.2, -0.15) is 0 Å². The van der Waals surface area contributed by atoms with Crippen LogP contribution in [0.1, 0.15) is 18.2 Å². The first-order valence-electron chi connectivity index (χ1n) is 6.78. The standard InChI is InChI=1S/C14H19N3O2S2/c1-2-15-9-12-4-3-5-14(8-12)21(18,19)17-7-6-13-10-20-11-16-13/h3-5,8,10-11,15,17H,2,6-7,9H2,1H3. The maximum absolute atomic E-state index is 12.2. The Bertz CT molecular complexity index is 655. The highest BCUT2D eigenvalue weighted by Crippen LogP contribution is 2.11. The van der Waals surface area contributed by atoms with E-state index < -0.39 is 10.0 Å². The van der Waals surface area contributed by atoms with Crippen LogP contribution >= 0.6 is 11.3 Å². The van der Waals surface area contributed by atoms with E-state index in [2.05, 4.69) is 15.0 Å². The zero-order valence-corrected chi connectivity index (χ0v) is 13.5. The maximum Gasteiger partial charge on any atom is 0.240 e. The van der Waals surface area contributed by atoms with Crippen molar-refractivity contribution in [3.8, 4) is 0 Å². The zero-order valence-electron chi connectivity index (χ0n) is 11.9. The molecule has 1 aromatic heterocycles. The van der Waals surface area contributed by atoms with E-state index >= 15 is 0 Å². The van der Waals surface area contributed by atoms with Gasteiger partial charge in [0.2, 0.25) is 10.0 Å². The highest BCUT2D eigenvalue weighted by Gasteiger charge is 2.13. The monoisotopic (exact) mass is 325 g/mol. The molecule has 2 N–H and O–H groups in total. The number of sulfonamides is 1. The van der Waals surface area contributed by atoms with Gasteiger partial charge in [0.15, 0.2) is 0 Å². The molecule has 5 nitrogen and oxygen atoms in total. The summed E-state index contributed by atoms with van der Waals surface area (Å²) < 4.78 is 27.1. The van der Waals surface area contributed by atoms with Crippen LogP contribution in [0.25, 0.3) is 0 Å². The SMILES string of the molecule is CCNCc1cccc(S(=O)(=O)NCCc2cscn2)c1. The molecule has 0 radical (unpaired) electrons. The van der Waals surface area contributed by atoms with Crippen molar-refractivity contribution < 1.29 is 8.42 Å². The highest BCUT2D eigenvalue weighted by atomic mass is 32.2. The van der Waals surface area contributed by atoms with Crippen LogP contribution in [0.4, 0.5) is 0 Å². The fourth-order valence-electron chi connectivity index (χ4n) is 1.85. The highest BCUT2D eigenvalue weighted by molar-refractivity contribution is 7.89. The Labute approximate surface area is 129 Å². The number of nitrogens with one attached hydrogen (secondary N) is 2. The molecule has 2 aromatic rings. The van der Waals surface area contributed by atoms with E-state index in [-0.39, 0.29) is 0 Å². The summed E-state index contributed by atoms with van der Waals surface area (Å²) >= 11 is 1.51. The summed E-state index contributed by atoms with van der Waals surface area (Å²) in [6.45, 7) is 3.88. The lowest BCUT2D eigenvalue weighted by Crippen LogP contribution is -2.26. The average molecular weight is 325 g/mol. The molecule has 114 valence electrons. The Kier molecular flexibility index (Phi) is 5.86. The third kappa shape index (κ3) is 4.89. The van der Waals surface area contributed by atoms with Crippen molar-refractivity contribution in [1.29, 1.82) is 0 Å². The van der Waals surface area contributed by atoms with Crippen molar-refractivity contribution in [2.24, 2.45) is 0 Å². The van der Waals surface area contributed by atoms with Crippen molar-refractivity contribution in [3.63, 3.8) is 0 Å². The first kappa shape index (κ1) is 16.1. The molecule has 0 aliphatic rings. The van der Waals surface area contributed by atoms with Gasteiger partial charge in [-0.3, -0.25) is 0 Å². The van der Waals surface area contributed by atoms with Crippen molar-refractivity contribution in [2.45, 2.75) is 24.8 Å². The summed E-state index contributed by atoms with van der Waals surface area (Å²) in [7, 11) is -3.46. The summed E-state index contributed by atoms with van der Waals surface area (Å²) in [5.74, 6) is 0. The van der Waals surface area contributed by atoms with Crippen LogP contribution in [0.3, 0.4) is 0 Å². The van der Waals surface area contributed by atoms with Gasteiger partial charge in [-0.1, -0.05) is 19.1 Å². The topological polar surface area (TPSA) is 71.1 Å². The maximum atomic E-state index is 12.2. The van der Waals surface area contributed by atoms with Gasteiger partial charge in [0.05, 0.1) is 16.1 Å². The molecule has 0 aliphatic heterocycles. The smallest absolute Gasteiger partial charge is 0.240 e. The van der Waals surface area contributed by atoms with Gasteiger partial charge < -0.3 is 5.32 Å². The van der Waals surface area contributed by atoms with E-state index in [1.807, 2.05) is 18.4 Å². The summed E-state index contributed by atoms with van der Waals surface area (Å²) in [5.41, 5.74) is 3.61. The van der Waals surface area contributed by atoms with Crippen LogP contribution < -0.4 is 10.0 Å². The lowest BCUT2D eigenvalue weighted by atomic mass is 10.2.